The second-order valence-corrected chi connectivity index (χ2v) is 11.2. The lowest BCUT2D eigenvalue weighted by molar-refractivity contribution is 0.0948. The molecule has 0 radical (unpaired) electrons. The minimum Gasteiger partial charge on any atom is -0.496 e. The molecule has 4 aromatic rings. The molecule has 0 spiro atoms. The summed E-state index contributed by atoms with van der Waals surface area (Å²) in [5, 5.41) is 5.92. The number of aromatic nitrogens is 1. The van der Waals surface area contributed by atoms with Crippen LogP contribution in [-0.4, -0.2) is 36.6 Å². The van der Waals surface area contributed by atoms with Crippen LogP contribution in [0.25, 0.3) is 0 Å². The summed E-state index contributed by atoms with van der Waals surface area (Å²) in [6.45, 7) is 2.37. The normalized spacial score (nSPS) is 17.5. The van der Waals surface area contributed by atoms with Crippen LogP contribution in [0, 0.1) is 5.92 Å². The van der Waals surface area contributed by atoms with Gasteiger partial charge in [-0.1, -0.05) is 24.3 Å². The monoisotopic (exact) mass is 616 g/mol. The van der Waals surface area contributed by atoms with Crippen molar-refractivity contribution in [3.8, 4) is 5.75 Å². The number of pyridine rings is 1. The van der Waals surface area contributed by atoms with Crippen molar-refractivity contribution in [3.05, 3.63) is 110 Å². The van der Waals surface area contributed by atoms with Crippen molar-refractivity contribution in [3.63, 3.8) is 0 Å². The first-order valence-electron chi connectivity index (χ1n) is 13.4. The Morgan fingerprint density at radius 3 is 2.66 bits per heavy atom. The number of anilines is 2. The van der Waals surface area contributed by atoms with Gasteiger partial charge in [0, 0.05) is 55.0 Å². The Balaban J connectivity index is 1.29. The molecule has 2 N–H and O–H groups in total. The Morgan fingerprint density at radius 2 is 1.85 bits per heavy atom. The predicted molar refractivity (Wildman–Crippen MR) is 159 cm³/mol. The molecular weight excluding hydrogens is 588 g/mol. The Kier molecular flexibility index (Phi) is 7.40. The van der Waals surface area contributed by atoms with Crippen LogP contribution in [0.5, 0.6) is 5.75 Å². The summed E-state index contributed by atoms with van der Waals surface area (Å²) in [5.41, 5.74) is 3.66. The number of halogens is 1. The highest BCUT2D eigenvalue weighted by Gasteiger charge is 2.35. The summed E-state index contributed by atoms with van der Waals surface area (Å²) in [6, 6.07) is 21.6. The van der Waals surface area contributed by atoms with Crippen LogP contribution in [-0.2, 0) is 13.1 Å². The lowest BCUT2D eigenvalue weighted by Gasteiger charge is -2.44. The van der Waals surface area contributed by atoms with Gasteiger partial charge in [0.25, 0.3) is 17.4 Å². The zero-order valence-electron chi connectivity index (χ0n) is 22.4. The minimum absolute atomic E-state index is 0.0340. The van der Waals surface area contributed by atoms with Crippen molar-refractivity contribution in [1.29, 1.82) is 0 Å². The highest BCUT2D eigenvalue weighted by molar-refractivity contribution is 9.10. The van der Waals surface area contributed by atoms with E-state index in [0.717, 1.165) is 29.9 Å². The number of benzene rings is 2. The summed E-state index contributed by atoms with van der Waals surface area (Å²) < 4.78 is 13.2. The van der Waals surface area contributed by atoms with E-state index in [1.807, 2.05) is 47.0 Å². The summed E-state index contributed by atoms with van der Waals surface area (Å²) in [4.78, 5) is 41.1. The molecule has 2 aromatic heterocycles. The first-order valence-corrected chi connectivity index (χ1v) is 14.2. The van der Waals surface area contributed by atoms with Gasteiger partial charge in [0.05, 0.1) is 18.5 Å². The zero-order valence-corrected chi connectivity index (χ0v) is 24.0. The number of carbonyl (C=O) groups excluding carboxylic acids is 2. The number of hydrogen-bond acceptors (Lipinski definition) is 6. The summed E-state index contributed by atoms with van der Waals surface area (Å²) in [6.07, 6.45) is 1.01. The first-order chi connectivity index (χ1) is 19.9. The van der Waals surface area contributed by atoms with Crippen molar-refractivity contribution < 1.29 is 18.7 Å². The van der Waals surface area contributed by atoms with Crippen LogP contribution >= 0.6 is 15.9 Å². The fourth-order valence-electron chi connectivity index (χ4n) is 5.89. The van der Waals surface area contributed by atoms with Crippen molar-refractivity contribution in [2.45, 2.75) is 25.4 Å². The van der Waals surface area contributed by atoms with Gasteiger partial charge < -0.3 is 29.3 Å². The molecule has 2 atom stereocenters. The maximum atomic E-state index is 13.2. The molecule has 2 aromatic carbocycles. The number of piperidine rings is 1. The van der Waals surface area contributed by atoms with Crippen LogP contribution in [0.2, 0.25) is 0 Å². The highest BCUT2D eigenvalue weighted by atomic mass is 79.9. The van der Waals surface area contributed by atoms with E-state index in [1.54, 1.807) is 37.4 Å². The molecule has 1 fully saturated rings. The number of amides is 2. The van der Waals surface area contributed by atoms with E-state index in [2.05, 4.69) is 31.5 Å². The maximum Gasteiger partial charge on any atom is 0.291 e. The fourth-order valence-corrected chi connectivity index (χ4v) is 6.20. The highest BCUT2D eigenvalue weighted by Crippen LogP contribution is 2.39. The van der Waals surface area contributed by atoms with Gasteiger partial charge >= 0.3 is 0 Å². The van der Waals surface area contributed by atoms with Crippen LogP contribution in [0.4, 0.5) is 11.4 Å². The average Bonchev–Trinajstić information content (AvgIpc) is 3.43. The molecule has 10 heteroatoms. The van der Waals surface area contributed by atoms with Crippen molar-refractivity contribution in [2.24, 2.45) is 5.92 Å². The molecule has 4 heterocycles. The third kappa shape index (κ3) is 5.52. The van der Waals surface area contributed by atoms with Crippen molar-refractivity contribution in [2.75, 3.05) is 30.4 Å². The molecule has 210 valence electrons. The number of nitrogens with one attached hydrogen (secondary N) is 2. The standard InChI is InChI=1S/C31H29BrN4O5/c1-40-26-7-3-2-5-21(26)15-33-30(38)20-9-10-25(23(14-20)34-31(39)27-11-12-28(32)41-27)35-16-19-13-22(18-35)24-6-4-8-29(37)36(24)17-19/h2-12,14,19,22H,13,15-18H2,1H3,(H,33,38)(H,34,39). The third-order valence-corrected chi connectivity index (χ3v) is 8.18. The van der Waals surface area contributed by atoms with Gasteiger partial charge in [0.15, 0.2) is 10.4 Å². The molecule has 2 aliphatic heterocycles. The number of rotatable bonds is 7. The fraction of sp³-hybridized carbons (Fsp3) is 0.258. The van der Waals surface area contributed by atoms with Gasteiger partial charge in [-0.05, 0) is 70.7 Å². The topological polar surface area (TPSA) is 106 Å². The molecule has 41 heavy (non-hydrogen) atoms. The van der Waals surface area contributed by atoms with Gasteiger partial charge in [-0.15, -0.1) is 0 Å². The minimum atomic E-state index is -0.419. The number of hydrogen-bond donors (Lipinski definition) is 2. The van der Waals surface area contributed by atoms with Crippen LogP contribution in [0.1, 0.15) is 44.5 Å². The Hall–Kier alpha value is -4.31. The average molecular weight is 618 g/mol. The zero-order chi connectivity index (χ0) is 28.5. The maximum absolute atomic E-state index is 13.2. The van der Waals surface area contributed by atoms with Crippen LogP contribution in [0.3, 0.4) is 0 Å². The lowest BCUT2D eigenvalue weighted by Crippen LogP contribution is -2.47. The number of furan rings is 1. The number of nitrogens with zero attached hydrogens (tertiary/aromatic N) is 2. The smallest absolute Gasteiger partial charge is 0.291 e. The molecule has 0 aliphatic carbocycles. The Labute approximate surface area is 245 Å². The molecule has 2 aliphatic rings. The molecule has 0 saturated carbocycles. The molecule has 9 nitrogen and oxygen atoms in total. The molecule has 6 rings (SSSR count). The number of carbonyl (C=O) groups is 2. The molecular formula is C31H29BrN4O5. The van der Waals surface area contributed by atoms with E-state index in [9.17, 15) is 14.4 Å². The number of fused-ring (bicyclic) bond motifs is 4. The van der Waals surface area contributed by atoms with Crippen LogP contribution < -0.4 is 25.8 Å². The first kappa shape index (κ1) is 26.9. The SMILES string of the molecule is COc1ccccc1CNC(=O)c1ccc(N2CC3CC(C2)c2cccc(=O)n2C3)c(NC(=O)c2ccc(Br)o2)c1. The number of para-hydroxylation sites is 1. The van der Waals surface area contributed by atoms with Gasteiger partial charge in [0.1, 0.15) is 5.75 Å². The van der Waals surface area contributed by atoms with Crippen LogP contribution in [0.15, 0.2) is 86.7 Å². The van der Waals surface area contributed by atoms with Gasteiger partial charge in [0.2, 0.25) is 0 Å². The van der Waals surface area contributed by atoms with Gasteiger partial charge in [-0.2, -0.15) is 0 Å². The van der Waals surface area contributed by atoms with E-state index in [0.29, 0.717) is 41.3 Å². The molecule has 2 unspecified atom stereocenters. The Bertz CT molecular complexity index is 1680. The predicted octanol–water partition coefficient (Wildman–Crippen LogP) is 5.02. The molecule has 2 amide bonds. The quantitative estimate of drug-likeness (QED) is 0.302. The number of ether oxygens (including phenoxy) is 1. The van der Waals surface area contributed by atoms with Gasteiger partial charge in [-0.3, -0.25) is 14.4 Å². The summed E-state index contributed by atoms with van der Waals surface area (Å²) >= 11 is 3.25. The second-order valence-electron chi connectivity index (χ2n) is 10.4. The van der Waals surface area contributed by atoms with E-state index in [1.165, 1.54) is 0 Å². The summed E-state index contributed by atoms with van der Waals surface area (Å²) in [5.74, 6) is 0.623. The number of methoxy groups -OCH3 is 1. The summed E-state index contributed by atoms with van der Waals surface area (Å²) in [7, 11) is 1.59. The van der Waals surface area contributed by atoms with E-state index >= 15 is 0 Å². The Morgan fingerprint density at radius 1 is 1.00 bits per heavy atom. The lowest BCUT2D eigenvalue weighted by atomic mass is 9.83. The van der Waals surface area contributed by atoms with E-state index in [-0.39, 0.29) is 29.1 Å². The third-order valence-electron chi connectivity index (χ3n) is 7.76. The van der Waals surface area contributed by atoms with E-state index in [4.69, 9.17) is 9.15 Å². The molecule has 1 saturated heterocycles. The van der Waals surface area contributed by atoms with E-state index < -0.39 is 5.91 Å². The second kappa shape index (κ2) is 11.3. The van der Waals surface area contributed by atoms with Crippen molar-refractivity contribution in [1.82, 2.24) is 9.88 Å². The molecule has 2 bridgehead atoms. The van der Waals surface area contributed by atoms with Crippen molar-refractivity contribution >= 4 is 39.1 Å². The largest absolute Gasteiger partial charge is 0.496 e. The van der Waals surface area contributed by atoms with Gasteiger partial charge in [-0.25, -0.2) is 0 Å².